The van der Waals surface area contributed by atoms with Gasteiger partial charge in [-0.25, -0.2) is 0 Å². The highest BCUT2D eigenvalue weighted by Gasteiger charge is 2.31. The number of rotatable bonds is 0. The third-order valence-corrected chi connectivity index (χ3v) is 2.43. The first kappa shape index (κ1) is 9.10. The Balaban J connectivity index is 2.48. The zero-order valence-electron chi connectivity index (χ0n) is 8.26. The van der Waals surface area contributed by atoms with Gasteiger partial charge in [0.1, 0.15) is 18.4 Å². The van der Waals surface area contributed by atoms with Crippen LogP contribution in [-0.2, 0) is 17.8 Å². The van der Waals surface area contributed by atoms with Gasteiger partial charge in [-0.05, 0) is 13.8 Å². The van der Waals surface area contributed by atoms with Crippen LogP contribution in [0, 0.1) is 11.3 Å². The van der Waals surface area contributed by atoms with E-state index in [1.165, 1.54) is 0 Å². The topological polar surface area (TPSA) is 72.2 Å². The molecular weight excluding hydrogens is 180 g/mol. The number of nitrogens with zero attached hydrogens (tertiary/aromatic N) is 1. The molecule has 1 aromatic rings. The molecule has 74 valence electrons. The zero-order valence-corrected chi connectivity index (χ0v) is 8.26. The fourth-order valence-electron chi connectivity index (χ4n) is 1.66. The van der Waals surface area contributed by atoms with Gasteiger partial charge in [0.2, 0.25) is 5.76 Å². The largest absolute Gasteiger partial charge is 0.446 e. The molecule has 0 unspecified atom stereocenters. The molecule has 0 saturated carbocycles. The SMILES string of the molecule is CC1(C)Cc2c(oc(C#N)c2N)CO1. The summed E-state index contributed by atoms with van der Waals surface area (Å²) in [6.07, 6.45) is 0.694. The Morgan fingerprint density at radius 2 is 2.21 bits per heavy atom. The van der Waals surface area contributed by atoms with Crippen LogP contribution in [0.15, 0.2) is 4.42 Å². The average molecular weight is 192 g/mol. The summed E-state index contributed by atoms with van der Waals surface area (Å²) in [5.74, 6) is 0.898. The molecule has 0 spiro atoms. The molecule has 2 N–H and O–H groups in total. The Bertz CT molecular complexity index is 412. The highest BCUT2D eigenvalue weighted by molar-refractivity contribution is 5.58. The molecule has 0 fully saturated rings. The highest BCUT2D eigenvalue weighted by atomic mass is 16.5. The van der Waals surface area contributed by atoms with Crippen LogP contribution >= 0.6 is 0 Å². The van der Waals surface area contributed by atoms with Crippen molar-refractivity contribution in [2.45, 2.75) is 32.5 Å². The van der Waals surface area contributed by atoms with E-state index in [1.54, 1.807) is 0 Å². The van der Waals surface area contributed by atoms with E-state index in [4.69, 9.17) is 20.1 Å². The Hall–Kier alpha value is -1.47. The van der Waals surface area contributed by atoms with Gasteiger partial charge in [-0.2, -0.15) is 5.26 Å². The van der Waals surface area contributed by atoms with Gasteiger partial charge in [-0.3, -0.25) is 0 Å². The Morgan fingerprint density at radius 1 is 1.50 bits per heavy atom. The number of furan rings is 1. The van der Waals surface area contributed by atoms with Gasteiger partial charge in [-0.1, -0.05) is 0 Å². The Morgan fingerprint density at radius 3 is 2.86 bits per heavy atom. The van der Waals surface area contributed by atoms with E-state index in [2.05, 4.69) is 0 Å². The van der Waals surface area contributed by atoms with E-state index in [0.29, 0.717) is 24.5 Å². The first-order chi connectivity index (χ1) is 6.53. The van der Waals surface area contributed by atoms with Gasteiger partial charge in [0.25, 0.3) is 0 Å². The molecule has 0 aromatic carbocycles. The van der Waals surface area contributed by atoms with Crippen molar-refractivity contribution in [2.75, 3.05) is 5.73 Å². The van der Waals surface area contributed by atoms with E-state index in [9.17, 15) is 0 Å². The molecule has 0 bridgehead atoms. The van der Waals surface area contributed by atoms with Crippen LogP contribution in [-0.4, -0.2) is 5.60 Å². The molecule has 0 aliphatic carbocycles. The van der Waals surface area contributed by atoms with E-state index >= 15 is 0 Å². The third-order valence-electron chi connectivity index (χ3n) is 2.43. The van der Waals surface area contributed by atoms with E-state index in [0.717, 1.165) is 5.56 Å². The first-order valence-electron chi connectivity index (χ1n) is 4.47. The van der Waals surface area contributed by atoms with E-state index in [-0.39, 0.29) is 11.4 Å². The summed E-state index contributed by atoms with van der Waals surface area (Å²) < 4.78 is 10.8. The Labute approximate surface area is 82.3 Å². The minimum absolute atomic E-state index is 0.205. The molecule has 0 amide bonds. The van der Waals surface area contributed by atoms with Crippen molar-refractivity contribution >= 4 is 5.69 Å². The van der Waals surface area contributed by atoms with Crippen molar-refractivity contribution in [3.05, 3.63) is 17.1 Å². The Kier molecular flexibility index (Phi) is 1.79. The predicted molar refractivity (Wildman–Crippen MR) is 50.4 cm³/mol. The lowest BCUT2D eigenvalue weighted by Crippen LogP contribution is -2.31. The van der Waals surface area contributed by atoms with Gasteiger partial charge in [0.05, 0.1) is 11.3 Å². The first-order valence-corrected chi connectivity index (χ1v) is 4.47. The van der Waals surface area contributed by atoms with Crippen LogP contribution in [0.3, 0.4) is 0 Å². The maximum atomic E-state index is 8.73. The lowest BCUT2D eigenvalue weighted by Gasteiger charge is -2.29. The number of nitrogen functional groups attached to an aromatic ring is 1. The molecule has 14 heavy (non-hydrogen) atoms. The van der Waals surface area contributed by atoms with Crippen molar-refractivity contribution in [3.63, 3.8) is 0 Å². The third kappa shape index (κ3) is 1.26. The molecule has 0 atom stereocenters. The summed E-state index contributed by atoms with van der Waals surface area (Å²) in [7, 11) is 0. The number of anilines is 1. The lowest BCUT2D eigenvalue weighted by molar-refractivity contribution is -0.0482. The van der Waals surface area contributed by atoms with Crippen LogP contribution in [0.25, 0.3) is 0 Å². The highest BCUT2D eigenvalue weighted by Crippen LogP contribution is 2.34. The minimum atomic E-state index is -0.224. The summed E-state index contributed by atoms with van der Waals surface area (Å²) in [6, 6.07) is 1.93. The smallest absolute Gasteiger partial charge is 0.226 e. The fourth-order valence-corrected chi connectivity index (χ4v) is 1.66. The second kappa shape index (κ2) is 2.76. The number of hydrogen-bond donors (Lipinski definition) is 1. The number of hydrogen-bond acceptors (Lipinski definition) is 4. The van der Waals surface area contributed by atoms with Crippen LogP contribution in [0.5, 0.6) is 0 Å². The van der Waals surface area contributed by atoms with Crippen LogP contribution in [0.1, 0.15) is 30.9 Å². The van der Waals surface area contributed by atoms with Crippen molar-refractivity contribution in [3.8, 4) is 6.07 Å². The molecule has 0 radical (unpaired) electrons. The quantitative estimate of drug-likeness (QED) is 0.677. The van der Waals surface area contributed by atoms with Gasteiger partial charge >= 0.3 is 0 Å². The number of fused-ring (bicyclic) bond motifs is 1. The number of nitriles is 1. The average Bonchev–Trinajstić information content (AvgIpc) is 2.42. The monoisotopic (exact) mass is 192 g/mol. The summed E-state index contributed by atoms with van der Waals surface area (Å²) in [5, 5.41) is 8.73. The van der Waals surface area contributed by atoms with Crippen LogP contribution < -0.4 is 5.73 Å². The zero-order chi connectivity index (χ0) is 10.3. The summed E-state index contributed by atoms with van der Waals surface area (Å²) in [6.45, 7) is 4.39. The number of nitrogens with two attached hydrogens (primary N) is 1. The molecule has 2 rings (SSSR count). The standard InChI is InChI=1S/C10H12N2O2/c1-10(2)3-6-8(5-13-10)14-7(4-11)9(6)12/h3,5,12H2,1-2H3. The molecule has 4 nitrogen and oxygen atoms in total. The number of ether oxygens (including phenoxy) is 1. The molecule has 1 aliphatic rings. The minimum Gasteiger partial charge on any atom is -0.446 e. The van der Waals surface area contributed by atoms with Crippen molar-refractivity contribution in [2.24, 2.45) is 0 Å². The van der Waals surface area contributed by atoms with Crippen molar-refractivity contribution in [1.29, 1.82) is 5.26 Å². The normalized spacial score (nSPS) is 18.6. The summed E-state index contributed by atoms with van der Waals surface area (Å²) in [4.78, 5) is 0. The maximum Gasteiger partial charge on any atom is 0.226 e. The predicted octanol–water partition coefficient (Wildman–Crippen LogP) is 1.58. The van der Waals surface area contributed by atoms with E-state index in [1.807, 2.05) is 19.9 Å². The molecular formula is C10H12N2O2. The van der Waals surface area contributed by atoms with Crippen molar-refractivity contribution < 1.29 is 9.15 Å². The fraction of sp³-hybridized carbons (Fsp3) is 0.500. The molecule has 4 heteroatoms. The second-order valence-corrected chi connectivity index (χ2v) is 4.08. The van der Waals surface area contributed by atoms with E-state index < -0.39 is 0 Å². The van der Waals surface area contributed by atoms with Crippen LogP contribution in [0.2, 0.25) is 0 Å². The van der Waals surface area contributed by atoms with Crippen molar-refractivity contribution in [1.82, 2.24) is 0 Å². The second-order valence-electron chi connectivity index (χ2n) is 4.08. The van der Waals surface area contributed by atoms with Gasteiger partial charge in [-0.15, -0.1) is 0 Å². The molecule has 1 aromatic heterocycles. The molecule has 0 saturated heterocycles. The van der Waals surface area contributed by atoms with Gasteiger partial charge in [0, 0.05) is 12.0 Å². The summed E-state index contributed by atoms with van der Waals surface area (Å²) in [5.41, 5.74) is 6.96. The summed E-state index contributed by atoms with van der Waals surface area (Å²) >= 11 is 0. The molecule has 1 aliphatic heterocycles. The maximum absolute atomic E-state index is 8.73. The molecule has 2 heterocycles. The van der Waals surface area contributed by atoms with Gasteiger partial charge < -0.3 is 14.9 Å². The lowest BCUT2D eigenvalue weighted by atomic mass is 9.95. The van der Waals surface area contributed by atoms with Gasteiger partial charge in [0.15, 0.2) is 0 Å². The van der Waals surface area contributed by atoms with Crippen LogP contribution in [0.4, 0.5) is 5.69 Å².